The minimum atomic E-state index is -1.49. The van der Waals surface area contributed by atoms with Crippen LogP contribution in [0.25, 0.3) is 5.69 Å². The molecule has 0 atom stereocenters. The van der Waals surface area contributed by atoms with Crippen molar-refractivity contribution in [3.63, 3.8) is 0 Å². The molecule has 0 unspecified atom stereocenters. The van der Waals surface area contributed by atoms with Gasteiger partial charge in [0.25, 0.3) is 5.69 Å². The van der Waals surface area contributed by atoms with Gasteiger partial charge in [0.15, 0.2) is 0 Å². The molecule has 9 nitrogen and oxygen atoms in total. The molecule has 0 fully saturated rings. The molecule has 21 heavy (non-hydrogen) atoms. The molecule has 0 bridgehead atoms. The number of carboxylic acids is 1. The van der Waals surface area contributed by atoms with E-state index in [0.717, 1.165) is 10.7 Å². The van der Waals surface area contributed by atoms with Crippen molar-refractivity contribution in [2.45, 2.75) is 0 Å². The molecule has 1 N–H and O–H groups in total. The van der Waals surface area contributed by atoms with Crippen molar-refractivity contribution < 1.29 is 19.6 Å². The molecule has 0 aliphatic carbocycles. The number of hydrogen-bond acceptors (Lipinski definition) is 6. The van der Waals surface area contributed by atoms with Gasteiger partial charge < -0.3 is 9.84 Å². The summed E-state index contributed by atoms with van der Waals surface area (Å²) in [4.78, 5) is 32.5. The van der Waals surface area contributed by atoms with E-state index in [1.165, 1.54) is 31.5 Å². The predicted molar refractivity (Wildman–Crippen MR) is 70.0 cm³/mol. The lowest BCUT2D eigenvalue weighted by atomic mass is 10.2. The van der Waals surface area contributed by atoms with Crippen molar-refractivity contribution >= 4 is 11.7 Å². The van der Waals surface area contributed by atoms with Gasteiger partial charge in [0.05, 0.1) is 12.0 Å². The fraction of sp³-hybridized carbons (Fsp3) is 0.0833. The fourth-order valence-corrected chi connectivity index (χ4v) is 1.66. The Morgan fingerprint density at radius 3 is 2.71 bits per heavy atom. The second kappa shape index (κ2) is 5.41. The Bertz CT molecular complexity index is 783. The van der Waals surface area contributed by atoms with Crippen LogP contribution in [0.2, 0.25) is 0 Å². The number of non-ortho nitro benzene ring substituents is 1. The van der Waals surface area contributed by atoms with Gasteiger partial charge in [-0.2, -0.15) is 5.10 Å². The van der Waals surface area contributed by atoms with Gasteiger partial charge in [0.2, 0.25) is 11.1 Å². The molecule has 0 amide bonds. The first-order valence-corrected chi connectivity index (χ1v) is 5.60. The average molecular weight is 291 g/mol. The van der Waals surface area contributed by atoms with Crippen molar-refractivity contribution in [1.29, 1.82) is 0 Å². The summed E-state index contributed by atoms with van der Waals surface area (Å²) < 4.78 is 6.09. The second-order valence-electron chi connectivity index (χ2n) is 3.89. The first-order valence-electron chi connectivity index (χ1n) is 5.60. The quantitative estimate of drug-likeness (QED) is 0.653. The standard InChI is InChI=1S/C12H9N3O6/c1-21-10-3-2-7(15(19)20)6-8(10)14-5-4-9(16)11(13-14)12(17)18/h2-6H,1H3,(H,17,18). The topological polar surface area (TPSA) is 125 Å². The van der Waals surface area contributed by atoms with Crippen LogP contribution < -0.4 is 10.2 Å². The maximum absolute atomic E-state index is 11.4. The lowest BCUT2D eigenvalue weighted by molar-refractivity contribution is -0.384. The van der Waals surface area contributed by atoms with E-state index < -0.39 is 22.0 Å². The molecule has 2 rings (SSSR count). The number of carboxylic acid groups (broad SMARTS) is 1. The number of hydrogen-bond donors (Lipinski definition) is 1. The van der Waals surface area contributed by atoms with E-state index in [2.05, 4.69) is 5.10 Å². The lowest BCUT2D eigenvalue weighted by Gasteiger charge is -2.10. The SMILES string of the molecule is COc1ccc([N+](=O)[O-])cc1-n1ccc(=O)c(C(=O)O)n1. The highest BCUT2D eigenvalue weighted by molar-refractivity contribution is 5.84. The Kier molecular flexibility index (Phi) is 3.65. The molecule has 1 aromatic heterocycles. The maximum Gasteiger partial charge on any atom is 0.360 e. The number of rotatable bonds is 4. The average Bonchev–Trinajstić information content (AvgIpc) is 2.46. The summed E-state index contributed by atoms with van der Waals surface area (Å²) >= 11 is 0. The van der Waals surface area contributed by atoms with Crippen LogP contribution in [0.15, 0.2) is 35.3 Å². The van der Waals surface area contributed by atoms with E-state index in [4.69, 9.17) is 9.84 Å². The summed E-state index contributed by atoms with van der Waals surface area (Å²) in [5.41, 5.74) is -1.52. The van der Waals surface area contributed by atoms with E-state index in [-0.39, 0.29) is 17.1 Å². The van der Waals surface area contributed by atoms with Crippen LogP contribution in [0.1, 0.15) is 10.5 Å². The summed E-state index contributed by atoms with van der Waals surface area (Å²) in [7, 11) is 1.35. The minimum absolute atomic E-state index is 0.147. The van der Waals surface area contributed by atoms with Crippen molar-refractivity contribution in [3.05, 3.63) is 56.5 Å². The van der Waals surface area contributed by atoms with E-state index >= 15 is 0 Å². The van der Waals surface area contributed by atoms with Crippen molar-refractivity contribution in [1.82, 2.24) is 9.78 Å². The molecule has 0 aliphatic rings. The van der Waals surface area contributed by atoms with E-state index in [0.29, 0.717) is 0 Å². The van der Waals surface area contributed by atoms with Gasteiger partial charge in [-0.1, -0.05) is 0 Å². The summed E-state index contributed by atoms with van der Waals surface area (Å²) in [6.07, 6.45) is 1.20. The highest BCUT2D eigenvalue weighted by Gasteiger charge is 2.16. The zero-order chi connectivity index (χ0) is 15.6. The Labute approximate surface area is 117 Å². The minimum Gasteiger partial charge on any atom is -0.494 e. The smallest absolute Gasteiger partial charge is 0.360 e. The Morgan fingerprint density at radius 1 is 1.43 bits per heavy atom. The number of nitro groups is 1. The number of nitrogens with zero attached hydrogens (tertiary/aromatic N) is 3. The van der Waals surface area contributed by atoms with Crippen LogP contribution in [0, 0.1) is 10.1 Å². The van der Waals surface area contributed by atoms with E-state index in [1.807, 2.05) is 0 Å². The molecule has 0 saturated carbocycles. The van der Waals surface area contributed by atoms with Crippen LogP contribution in [-0.2, 0) is 0 Å². The van der Waals surface area contributed by atoms with Gasteiger partial charge in [0.1, 0.15) is 11.4 Å². The third-order valence-corrected chi connectivity index (χ3v) is 2.63. The van der Waals surface area contributed by atoms with E-state index in [9.17, 15) is 19.7 Å². The molecule has 0 spiro atoms. The summed E-state index contributed by atoms with van der Waals surface area (Å²) in [5, 5.41) is 23.3. The highest BCUT2D eigenvalue weighted by Crippen LogP contribution is 2.26. The maximum atomic E-state index is 11.4. The van der Waals surface area contributed by atoms with Gasteiger partial charge in [0, 0.05) is 24.4 Å². The van der Waals surface area contributed by atoms with Gasteiger partial charge in [-0.25, -0.2) is 9.48 Å². The molecule has 0 aliphatic heterocycles. The zero-order valence-electron chi connectivity index (χ0n) is 10.7. The van der Waals surface area contributed by atoms with Crippen LogP contribution in [0.5, 0.6) is 5.75 Å². The van der Waals surface area contributed by atoms with Crippen LogP contribution in [-0.4, -0.2) is 32.9 Å². The molecule has 2 aromatic rings. The predicted octanol–water partition coefficient (Wildman–Crippen LogP) is 0.847. The Balaban J connectivity index is 2.67. The van der Waals surface area contributed by atoms with Crippen molar-refractivity contribution in [3.8, 4) is 11.4 Å². The first kappa shape index (κ1) is 14.2. The number of aromatic nitrogens is 2. The molecule has 108 valence electrons. The van der Waals surface area contributed by atoms with E-state index in [1.54, 1.807) is 0 Å². The molecule has 0 saturated heterocycles. The number of benzene rings is 1. The van der Waals surface area contributed by atoms with Gasteiger partial charge in [-0.15, -0.1) is 0 Å². The molecular weight excluding hydrogens is 282 g/mol. The second-order valence-corrected chi connectivity index (χ2v) is 3.89. The summed E-state index contributed by atoms with van der Waals surface area (Å²) in [5.74, 6) is -1.24. The third kappa shape index (κ3) is 2.71. The highest BCUT2D eigenvalue weighted by atomic mass is 16.6. The molecule has 1 aromatic carbocycles. The molecule has 9 heteroatoms. The summed E-state index contributed by atoms with van der Waals surface area (Å²) in [6.45, 7) is 0. The lowest BCUT2D eigenvalue weighted by Crippen LogP contribution is -2.20. The largest absolute Gasteiger partial charge is 0.494 e. The van der Waals surface area contributed by atoms with Crippen LogP contribution in [0.4, 0.5) is 5.69 Å². The number of methoxy groups -OCH3 is 1. The Hall–Kier alpha value is -3.23. The van der Waals surface area contributed by atoms with Crippen LogP contribution >= 0.6 is 0 Å². The Morgan fingerprint density at radius 2 is 2.14 bits per heavy atom. The number of aromatic carboxylic acids is 1. The number of carbonyl (C=O) groups is 1. The van der Waals surface area contributed by atoms with Crippen LogP contribution in [0.3, 0.4) is 0 Å². The van der Waals surface area contributed by atoms with Gasteiger partial charge >= 0.3 is 5.97 Å². The molecule has 1 heterocycles. The zero-order valence-corrected chi connectivity index (χ0v) is 10.7. The monoisotopic (exact) mass is 291 g/mol. The van der Waals surface area contributed by atoms with Crippen molar-refractivity contribution in [2.75, 3.05) is 7.11 Å². The fourth-order valence-electron chi connectivity index (χ4n) is 1.66. The number of ether oxygens (including phenoxy) is 1. The normalized spacial score (nSPS) is 10.1. The third-order valence-electron chi connectivity index (χ3n) is 2.63. The molecular formula is C12H9N3O6. The number of nitro benzene ring substituents is 1. The van der Waals surface area contributed by atoms with Gasteiger partial charge in [-0.3, -0.25) is 14.9 Å². The first-order chi connectivity index (χ1) is 9.93. The molecule has 0 radical (unpaired) electrons. The van der Waals surface area contributed by atoms with Gasteiger partial charge in [-0.05, 0) is 6.07 Å². The van der Waals surface area contributed by atoms with Crippen molar-refractivity contribution in [2.24, 2.45) is 0 Å². The summed E-state index contributed by atoms with van der Waals surface area (Å²) in [6, 6.07) is 4.77.